The van der Waals surface area contributed by atoms with E-state index in [9.17, 15) is 13.2 Å². The van der Waals surface area contributed by atoms with Gasteiger partial charge < -0.3 is 9.47 Å². The molecular weight excluding hydrogens is 376 g/mol. The lowest BCUT2D eigenvalue weighted by atomic mass is 10.2. The van der Waals surface area contributed by atoms with Crippen molar-refractivity contribution in [3.05, 3.63) is 45.9 Å². The minimum absolute atomic E-state index is 0.0592. The molecule has 1 aromatic carbocycles. The second-order valence-electron chi connectivity index (χ2n) is 5.49. The second kappa shape index (κ2) is 9.22. The number of hydrogen-bond donors (Lipinski definition) is 0. The Balaban J connectivity index is 2.24. The first-order valence-corrected chi connectivity index (χ1v) is 10.4. The Bertz CT molecular complexity index is 831. The van der Waals surface area contributed by atoms with Gasteiger partial charge in [-0.25, -0.2) is 18.2 Å². The van der Waals surface area contributed by atoms with Crippen LogP contribution in [0.25, 0.3) is 0 Å². The molecule has 2 rings (SSSR count). The number of ether oxygens (including phenoxy) is 2. The van der Waals surface area contributed by atoms with Crippen LogP contribution < -0.4 is 0 Å². The van der Waals surface area contributed by atoms with Crippen LogP contribution >= 0.6 is 11.3 Å². The molecule has 9 heteroatoms. The van der Waals surface area contributed by atoms with Crippen LogP contribution in [0.1, 0.15) is 28.0 Å². The third-order valence-electron chi connectivity index (χ3n) is 3.55. The van der Waals surface area contributed by atoms with Crippen molar-refractivity contribution in [3.8, 4) is 0 Å². The van der Waals surface area contributed by atoms with Gasteiger partial charge in [0.2, 0.25) is 10.0 Å². The Kier molecular flexibility index (Phi) is 7.27. The number of carbonyl (C=O) groups excluding carboxylic acids is 1. The van der Waals surface area contributed by atoms with Crippen molar-refractivity contribution in [1.82, 2.24) is 9.29 Å². The van der Waals surface area contributed by atoms with Gasteiger partial charge in [0.25, 0.3) is 0 Å². The lowest BCUT2D eigenvalue weighted by Gasteiger charge is -2.21. The van der Waals surface area contributed by atoms with Gasteiger partial charge >= 0.3 is 5.97 Å². The van der Waals surface area contributed by atoms with E-state index in [-0.39, 0.29) is 36.9 Å². The third-order valence-corrected chi connectivity index (χ3v) is 6.24. The van der Waals surface area contributed by atoms with Crippen molar-refractivity contribution < 1.29 is 22.7 Å². The van der Waals surface area contributed by atoms with Crippen molar-refractivity contribution in [1.29, 1.82) is 0 Å². The standard InChI is InChI=1S/C17H22N2O5S2/c1-4-24-17(20)15-12-25-16(18-15)11-19(9-10-23-3)26(21,22)14-7-5-13(2)6-8-14/h5-8,12H,4,9-11H2,1-3H3. The van der Waals surface area contributed by atoms with E-state index in [0.29, 0.717) is 5.01 Å². The van der Waals surface area contributed by atoms with Gasteiger partial charge in [-0.3, -0.25) is 0 Å². The van der Waals surface area contributed by atoms with E-state index in [2.05, 4.69) is 4.98 Å². The highest BCUT2D eigenvalue weighted by atomic mass is 32.2. The molecule has 142 valence electrons. The van der Waals surface area contributed by atoms with Crippen LogP contribution in [-0.2, 0) is 26.0 Å². The number of esters is 1. The molecule has 0 aliphatic heterocycles. The van der Waals surface area contributed by atoms with Crippen molar-refractivity contribution in [2.24, 2.45) is 0 Å². The molecule has 0 saturated carbocycles. The molecule has 7 nitrogen and oxygen atoms in total. The highest BCUT2D eigenvalue weighted by molar-refractivity contribution is 7.89. The van der Waals surface area contributed by atoms with Crippen LogP contribution in [0.4, 0.5) is 0 Å². The first-order chi connectivity index (χ1) is 12.4. The number of aryl methyl sites for hydroxylation is 1. The molecule has 0 spiro atoms. The smallest absolute Gasteiger partial charge is 0.357 e. The maximum Gasteiger partial charge on any atom is 0.357 e. The van der Waals surface area contributed by atoms with Crippen LogP contribution in [0.15, 0.2) is 34.5 Å². The zero-order valence-electron chi connectivity index (χ0n) is 15.0. The summed E-state index contributed by atoms with van der Waals surface area (Å²) in [5.74, 6) is -0.514. The van der Waals surface area contributed by atoms with Gasteiger partial charge in [0.05, 0.1) is 24.7 Å². The SMILES string of the molecule is CCOC(=O)c1csc(CN(CCOC)S(=O)(=O)c2ccc(C)cc2)n1. The Morgan fingerprint density at radius 1 is 1.27 bits per heavy atom. The first kappa shape index (κ1) is 20.5. The van der Waals surface area contributed by atoms with Gasteiger partial charge in [-0.05, 0) is 26.0 Å². The molecular formula is C17H22N2O5S2. The van der Waals surface area contributed by atoms with Crippen molar-refractivity contribution in [2.75, 3.05) is 26.9 Å². The summed E-state index contributed by atoms with van der Waals surface area (Å²) in [5, 5.41) is 2.08. The average Bonchev–Trinajstić information content (AvgIpc) is 3.08. The Morgan fingerprint density at radius 2 is 1.96 bits per heavy atom. The number of rotatable bonds is 9. The third kappa shape index (κ3) is 5.10. The van der Waals surface area contributed by atoms with Crippen molar-refractivity contribution >= 4 is 27.3 Å². The summed E-state index contributed by atoms with van der Waals surface area (Å²) in [6, 6.07) is 6.67. The first-order valence-electron chi connectivity index (χ1n) is 8.05. The Labute approximate surface area is 157 Å². The number of carbonyl (C=O) groups is 1. The molecule has 0 aliphatic carbocycles. The zero-order valence-corrected chi connectivity index (χ0v) is 16.6. The van der Waals surface area contributed by atoms with E-state index in [1.165, 1.54) is 22.8 Å². The van der Waals surface area contributed by atoms with E-state index < -0.39 is 16.0 Å². The van der Waals surface area contributed by atoms with Gasteiger partial charge in [-0.1, -0.05) is 17.7 Å². The Morgan fingerprint density at radius 3 is 2.58 bits per heavy atom. The number of thiazole rings is 1. The number of aromatic nitrogens is 1. The summed E-state index contributed by atoms with van der Waals surface area (Å²) in [6.45, 7) is 4.36. The molecule has 0 saturated heterocycles. The van der Waals surface area contributed by atoms with Gasteiger partial charge in [0.15, 0.2) is 5.69 Å². The molecule has 1 aromatic heterocycles. The lowest BCUT2D eigenvalue weighted by Crippen LogP contribution is -2.33. The van der Waals surface area contributed by atoms with Crippen LogP contribution in [0, 0.1) is 6.92 Å². The summed E-state index contributed by atoms with van der Waals surface area (Å²) in [7, 11) is -2.19. The van der Waals surface area contributed by atoms with Gasteiger partial charge in [-0.15, -0.1) is 11.3 Å². The number of benzene rings is 1. The molecule has 1 heterocycles. The fraction of sp³-hybridized carbons (Fsp3) is 0.412. The summed E-state index contributed by atoms with van der Waals surface area (Å²) in [6.07, 6.45) is 0. The lowest BCUT2D eigenvalue weighted by molar-refractivity contribution is 0.0520. The molecule has 0 aliphatic rings. The number of hydrogen-bond acceptors (Lipinski definition) is 7. The summed E-state index contributed by atoms with van der Waals surface area (Å²) in [5.41, 5.74) is 1.16. The van der Waals surface area contributed by atoms with Gasteiger partial charge in [0.1, 0.15) is 5.01 Å². The molecule has 0 N–H and O–H groups in total. The van der Waals surface area contributed by atoms with Crippen LogP contribution in [0.2, 0.25) is 0 Å². The zero-order chi connectivity index (χ0) is 19.2. The van der Waals surface area contributed by atoms with E-state index >= 15 is 0 Å². The van der Waals surface area contributed by atoms with Gasteiger partial charge in [-0.2, -0.15) is 4.31 Å². The van der Waals surface area contributed by atoms with Gasteiger partial charge in [0, 0.05) is 19.0 Å². The Hall–Kier alpha value is -1.81. The number of methoxy groups -OCH3 is 1. The van der Waals surface area contributed by atoms with Crippen LogP contribution in [0.5, 0.6) is 0 Å². The molecule has 0 fully saturated rings. The second-order valence-corrected chi connectivity index (χ2v) is 8.37. The van der Waals surface area contributed by atoms with E-state index in [1.54, 1.807) is 36.6 Å². The molecule has 2 aromatic rings. The van der Waals surface area contributed by atoms with Crippen molar-refractivity contribution in [2.45, 2.75) is 25.3 Å². The van der Waals surface area contributed by atoms with Crippen molar-refractivity contribution in [3.63, 3.8) is 0 Å². The van der Waals surface area contributed by atoms with E-state index in [4.69, 9.17) is 9.47 Å². The summed E-state index contributed by atoms with van der Waals surface area (Å²) in [4.78, 5) is 16.1. The van der Waals surface area contributed by atoms with E-state index in [0.717, 1.165) is 5.56 Å². The largest absolute Gasteiger partial charge is 0.461 e. The monoisotopic (exact) mass is 398 g/mol. The predicted molar refractivity (Wildman–Crippen MR) is 98.7 cm³/mol. The quantitative estimate of drug-likeness (QED) is 0.603. The number of nitrogens with zero attached hydrogens (tertiary/aromatic N) is 2. The topological polar surface area (TPSA) is 85.8 Å². The summed E-state index contributed by atoms with van der Waals surface area (Å²) >= 11 is 1.22. The minimum Gasteiger partial charge on any atom is -0.461 e. The van der Waals surface area contributed by atoms with Crippen LogP contribution in [-0.4, -0.2) is 50.5 Å². The highest BCUT2D eigenvalue weighted by Gasteiger charge is 2.26. The predicted octanol–water partition coefficient (Wildman–Crippen LogP) is 2.47. The molecule has 0 radical (unpaired) electrons. The fourth-order valence-electron chi connectivity index (χ4n) is 2.17. The molecule has 0 bridgehead atoms. The molecule has 26 heavy (non-hydrogen) atoms. The fourth-order valence-corrected chi connectivity index (χ4v) is 4.41. The van der Waals surface area contributed by atoms with Crippen LogP contribution in [0.3, 0.4) is 0 Å². The molecule has 0 atom stereocenters. The molecule has 0 amide bonds. The maximum atomic E-state index is 13.0. The summed E-state index contributed by atoms with van der Waals surface area (Å²) < 4.78 is 37.2. The average molecular weight is 399 g/mol. The highest BCUT2D eigenvalue weighted by Crippen LogP contribution is 2.21. The van der Waals surface area contributed by atoms with E-state index in [1.807, 2.05) is 6.92 Å². The normalized spacial score (nSPS) is 11.7. The maximum absolute atomic E-state index is 13.0. The molecule has 0 unspecified atom stereocenters. The number of sulfonamides is 1. The minimum atomic E-state index is -3.71.